The zero-order chi connectivity index (χ0) is 13.5. The third kappa shape index (κ3) is 5.09. The molecule has 1 aromatic carbocycles. The maximum atomic E-state index is 5.26. The molecule has 0 spiro atoms. The van der Waals surface area contributed by atoms with Gasteiger partial charge >= 0.3 is 0 Å². The second-order valence-corrected chi connectivity index (χ2v) is 5.54. The second kappa shape index (κ2) is 7.42. The van der Waals surface area contributed by atoms with Gasteiger partial charge in [-0.2, -0.15) is 0 Å². The molecule has 1 N–H and O–H groups in total. The highest BCUT2D eigenvalue weighted by molar-refractivity contribution is 5.30. The fourth-order valence-electron chi connectivity index (χ4n) is 2.10. The van der Waals surface area contributed by atoms with Crippen LogP contribution in [0.3, 0.4) is 0 Å². The summed E-state index contributed by atoms with van der Waals surface area (Å²) in [5, 5.41) is 3.65. The number of benzene rings is 1. The summed E-state index contributed by atoms with van der Waals surface area (Å²) in [6.45, 7) is 9.02. The number of rotatable bonds is 7. The van der Waals surface area contributed by atoms with Gasteiger partial charge in [0.15, 0.2) is 0 Å². The van der Waals surface area contributed by atoms with Crippen LogP contribution in [-0.2, 0) is 0 Å². The Bertz CT molecular complexity index is 349. The summed E-state index contributed by atoms with van der Waals surface area (Å²) in [5.74, 6) is 1.71. The van der Waals surface area contributed by atoms with Gasteiger partial charge in [0, 0.05) is 12.1 Å². The van der Waals surface area contributed by atoms with Crippen LogP contribution < -0.4 is 10.1 Å². The highest BCUT2D eigenvalue weighted by Crippen LogP contribution is 2.20. The fourth-order valence-corrected chi connectivity index (χ4v) is 2.10. The molecule has 2 unspecified atom stereocenters. The molecular weight excluding hydrogens is 222 g/mol. The first-order chi connectivity index (χ1) is 8.52. The Labute approximate surface area is 112 Å². The average Bonchev–Trinajstić information content (AvgIpc) is 2.36. The largest absolute Gasteiger partial charge is 0.497 e. The van der Waals surface area contributed by atoms with Gasteiger partial charge in [0.25, 0.3) is 0 Å². The van der Waals surface area contributed by atoms with E-state index >= 15 is 0 Å². The number of hydrogen-bond donors (Lipinski definition) is 1. The van der Waals surface area contributed by atoms with Crippen molar-refractivity contribution in [1.29, 1.82) is 0 Å². The molecule has 0 saturated heterocycles. The fraction of sp³-hybridized carbons (Fsp3) is 0.625. The van der Waals surface area contributed by atoms with E-state index in [1.807, 2.05) is 12.1 Å². The predicted octanol–water partition coefficient (Wildman–Crippen LogP) is 4.17. The van der Waals surface area contributed by atoms with Gasteiger partial charge in [-0.15, -0.1) is 0 Å². The normalized spacial score (nSPS) is 14.6. The van der Waals surface area contributed by atoms with Gasteiger partial charge < -0.3 is 10.1 Å². The summed E-state index contributed by atoms with van der Waals surface area (Å²) in [5.41, 5.74) is 1.28. The molecule has 0 fully saturated rings. The molecule has 2 heteroatoms. The highest BCUT2D eigenvalue weighted by Gasteiger charge is 2.10. The molecule has 0 amide bonds. The molecule has 1 aromatic rings. The monoisotopic (exact) mass is 249 g/mol. The van der Waals surface area contributed by atoms with Gasteiger partial charge in [0.1, 0.15) is 5.75 Å². The Balaban J connectivity index is 2.50. The minimum absolute atomic E-state index is 0.363. The molecule has 2 atom stereocenters. The lowest BCUT2D eigenvalue weighted by Crippen LogP contribution is -2.29. The summed E-state index contributed by atoms with van der Waals surface area (Å²) in [6, 6.07) is 9.20. The maximum absolute atomic E-state index is 5.26. The number of ether oxygens (including phenoxy) is 1. The molecule has 102 valence electrons. The molecule has 0 aliphatic heterocycles. The second-order valence-electron chi connectivity index (χ2n) is 5.54. The minimum atomic E-state index is 0.363. The van der Waals surface area contributed by atoms with Crippen LogP contribution in [0.25, 0.3) is 0 Å². The van der Waals surface area contributed by atoms with Gasteiger partial charge in [0.05, 0.1) is 7.11 Å². The van der Waals surface area contributed by atoms with Gasteiger partial charge in [-0.25, -0.2) is 0 Å². The molecule has 0 aromatic heterocycles. The van der Waals surface area contributed by atoms with Crippen molar-refractivity contribution in [2.75, 3.05) is 7.11 Å². The average molecular weight is 249 g/mol. The SMILES string of the molecule is COc1cccc(C(C)NC(C)CCC(C)C)c1. The lowest BCUT2D eigenvalue weighted by Gasteiger charge is -2.21. The maximum Gasteiger partial charge on any atom is 0.119 e. The van der Waals surface area contributed by atoms with Crippen molar-refractivity contribution in [3.63, 3.8) is 0 Å². The molecular formula is C16H27NO. The van der Waals surface area contributed by atoms with Gasteiger partial charge in [-0.1, -0.05) is 26.0 Å². The van der Waals surface area contributed by atoms with Gasteiger partial charge in [0.2, 0.25) is 0 Å². The molecule has 0 heterocycles. The van der Waals surface area contributed by atoms with Crippen molar-refractivity contribution in [1.82, 2.24) is 5.32 Å². The van der Waals surface area contributed by atoms with Crippen LogP contribution in [0.4, 0.5) is 0 Å². The lowest BCUT2D eigenvalue weighted by molar-refractivity contribution is 0.406. The Morgan fingerprint density at radius 3 is 2.44 bits per heavy atom. The van der Waals surface area contributed by atoms with E-state index in [4.69, 9.17) is 4.74 Å². The Morgan fingerprint density at radius 2 is 1.83 bits per heavy atom. The standard InChI is InChI=1S/C16H27NO/c1-12(2)9-10-13(3)17-14(4)15-7-6-8-16(11-15)18-5/h6-8,11-14,17H,9-10H2,1-5H3. The zero-order valence-corrected chi connectivity index (χ0v) is 12.4. The third-order valence-electron chi connectivity index (χ3n) is 3.31. The Morgan fingerprint density at radius 1 is 1.11 bits per heavy atom. The van der Waals surface area contributed by atoms with Crippen LogP contribution in [0.2, 0.25) is 0 Å². The Hall–Kier alpha value is -1.02. The van der Waals surface area contributed by atoms with Crippen molar-refractivity contribution < 1.29 is 4.74 Å². The summed E-state index contributed by atoms with van der Waals surface area (Å²) < 4.78 is 5.26. The number of hydrogen-bond acceptors (Lipinski definition) is 2. The molecule has 0 bridgehead atoms. The molecule has 18 heavy (non-hydrogen) atoms. The number of nitrogens with one attached hydrogen (secondary N) is 1. The van der Waals surface area contributed by atoms with E-state index in [1.165, 1.54) is 18.4 Å². The van der Waals surface area contributed by atoms with E-state index in [1.54, 1.807) is 7.11 Å². The summed E-state index contributed by atoms with van der Waals surface area (Å²) in [6.07, 6.45) is 2.50. The van der Waals surface area contributed by atoms with Crippen molar-refractivity contribution in [3.05, 3.63) is 29.8 Å². The zero-order valence-electron chi connectivity index (χ0n) is 12.4. The van der Waals surface area contributed by atoms with Crippen LogP contribution in [0.15, 0.2) is 24.3 Å². The molecule has 1 rings (SSSR count). The first-order valence-corrected chi connectivity index (χ1v) is 6.93. The molecule has 0 saturated carbocycles. The lowest BCUT2D eigenvalue weighted by atomic mass is 10.0. The van der Waals surface area contributed by atoms with Crippen molar-refractivity contribution in [3.8, 4) is 5.75 Å². The van der Waals surface area contributed by atoms with Gasteiger partial charge in [-0.3, -0.25) is 0 Å². The van der Waals surface area contributed by atoms with Crippen molar-refractivity contribution in [2.45, 2.75) is 52.6 Å². The predicted molar refractivity (Wildman–Crippen MR) is 78.1 cm³/mol. The topological polar surface area (TPSA) is 21.3 Å². The van der Waals surface area contributed by atoms with Crippen LogP contribution >= 0.6 is 0 Å². The molecule has 0 radical (unpaired) electrons. The summed E-state index contributed by atoms with van der Waals surface area (Å²) in [7, 11) is 1.71. The van der Waals surface area contributed by atoms with E-state index in [0.29, 0.717) is 12.1 Å². The van der Waals surface area contributed by atoms with Crippen LogP contribution in [0.1, 0.15) is 52.1 Å². The third-order valence-corrected chi connectivity index (χ3v) is 3.31. The summed E-state index contributed by atoms with van der Waals surface area (Å²) in [4.78, 5) is 0. The molecule has 0 aliphatic carbocycles. The van der Waals surface area contributed by atoms with E-state index in [0.717, 1.165) is 11.7 Å². The van der Waals surface area contributed by atoms with Crippen molar-refractivity contribution in [2.24, 2.45) is 5.92 Å². The molecule has 2 nitrogen and oxygen atoms in total. The first kappa shape index (κ1) is 15.0. The quantitative estimate of drug-likeness (QED) is 0.783. The van der Waals surface area contributed by atoms with E-state index < -0.39 is 0 Å². The minimum Gasteiger partial charge on any atom is -0.497 e. The highest BCUT2D eigenvalue weighted by atomic mass is 16.5. The molecule has 0 aliphatic rings. The van der Waals surface area contributed by atoms with E-state index in [-0.39, 0.29) is 0 Å². The van der Waals surface area contributed by atoms with E-state index in [9.17, 15) is 0 Å². The van der Waals surface area contributed by atoms with Crippen LogP contribution in [0.5, 0.6) is 5.75 Å². The van der Waals surface area contributed by atoms with Crippen LogP contribution in [0, 0.1) is 5.92 Å². The van der Waals surface area contributed by atoms with Crippen molar-refractivity contribution >= 4 is 0 Å². The summed E-state index contributed by atoms with van der Waals surface area (Å²) >= 11 is 0. The number of methoxy groups -OCH3 is 1. The van der Waals surface area contributed by atoms with Gasteiger partial charge in [-0.05, 0) is 50.3 Å². The van der Waals surface area contributed by atoms with Crippen LogP contribution in [-0.4, -0.2) is 13.2 Å². The Kier molecular flexibility index (Phi) is 6.20. The first-order valence-electron chi connectivity index (χ1n) is 6.93. The van der Waals surface area contributed by atoms with E-state index in [2.05, 4.69) is 45.1 Å². The smallest absolute Gasteiger partial charge is 0.119 e.